The van der Waals surface area contributed by atoms with Crippen LogP contribution in [-0.4, -0.2) is 35.1 Å². The van der Waals surface area contributed by atoms with E-state index in [2.05, 4.69) is 10.3 Å². The van der Waals surface area contributed by atoms with Gasteiger partial charge in [0.15, 0.2) is 0 Å². The van der Waals surface area contributed by atoms with E-state index >= 15 is 0 Å². The number of nitrogens with zero attached hydrogens (tertiary/aromatic N) is 2. The van der Waals surface area contributed by atoms with Crippen molar-refractivity contribution in [2.45, 2.75) is 32.2 Å². The molecule has 0 aliphatic carbocycles. The van der Waals surface area contributed by atoms with E-state index < -0.39 is 0 Å². The third-order valence-electron chi connectivity index (χ3n) is 4.72. The number of ether oxygens (including phenoxy) is 1. The summed E-state index contributed by atoms with van der Waals surface area (Å²) >= 11 is 0. The number of unbranched alkanes of at least 4 members (excludes halogenated alkanes) is 2. The van der Waals surface area contributed by atoms with Gasteiger partial charge in [0, 0.05) is 18.5 Å². The number of aryl methyl sites for hydroxylation is 1. The maximum atomic E-state index is 12.9. The highest BCUT2D eigenvalue weighted by Gasteiger charge is 2.13. The van der Waals surface area contributed by atoms with Gasteiger partial charge < -0.3 is 14.6 Å². The Labute approximate surface area is 168 Å². The number of hydrogen-bond acceptors (Lipinski definition) is 4. The predicted molar refractivity (Wildman–Crippen MR) is 108 cm³/mol. The van der Waals surface area contributed by atoms with Crippen molar-refractivity contribution in [2.75, 3.05) is 13.7 Å². The van der Waals surface area contributed by atoms with Gasteiger partial charge in [-0.1, -0.05) is 18.6 Å². The minimum absolute atomic E-state index is 0.139. The zero-order valence-corrected chi connectivity index (χ0v) is 16.4. The lowest BCUT2D eigenvalue weighted by Gasteiger charge is -2.08. The van der Waals surface area contributed by atoms with Crippen LogP contribution in [0, 0.1) is 5.82 Å². The lowest BCUT2D eigenvalue weighted by Crippen LogP contribution is -2.24. The Morgan fingerprint density at radius 1 is 1.07 bits per heavy atom. The second kappa shape index (κ2) is 9.82. The molecule has 1 aromatic heterocycles. The first kappa shape index (κ1) is 20.5. The summed E-state index contributed by atoms with van der Waals surface area (Å²) in [5.74, 6) is -0.0190. The van der Waals surface area contributed by atoms with Gasteiger partial charge >= 0.3 is 5.97 Å². The molecule has 1 heterocycles. The van der Waals surface area contributed by atoms with E-state index in [4.69, 9.17) is 4.74 Å². The molecule has 0 aliphatic rings. The SMILES string of the molecule is COC(=O)Cn1c(CCCCCNC(=O)c2ccc(F)cc2)nc2ccccc21. The van der Waals surface area contributed by atoms with Gasteiger partial charge in [-0.25, -0.2) is 9.37 Å². The molecule has 6 nitrogen and oxygen atoms in total. The van der Waals surface area contributed by atoms with Gasteiger partial charge in [-0.2, -0.15) is 0 Å². The fourth-order valence-corrected chi connectivity index (χ4v) is 3.18. The summed E-state index contributed by atoms with van der Waals surface area (Å²) in [5, 5.41) is 2.84. The number of carbonyl (C=O) groups is 2. The van der Waals surface area contributed by atoms with E-state index in [1.54, 1.807) is 0 Å². The molecule has 0 aliphatic heterocycles. The van der Waals surface area contributed by atoms with Crippen molar-refractivity contribution in [3.05, 3.63) is 65.7 Å². The highest BCUT2D eigenvalue weighted by Crippen LogP contribution is 2.18. The van der Waals surface area contributed by atoms with E-state index in [9.17, 15) is 14.0 Å². The van der Waals surface area contributed by atoms with Crippen LogP contribution in [0.4, 0.5) is 4.39 Å². The number of aromatic nitrogens is 2. The Kier molecular flexibility index (Phi) is 6.94. The van der Waals surface area contributed by atoms with Crippen molar-refractivity contribution < 1.29 is 18.7 Å². The molecular formula is C22H24FN3O3. The first-order chi connectivity index (χ1) is 14.1. The average molecular weight is 397 g/mol. The van der Waals surface area contributed by atoms with Gasteiger partial charge in [0.05, 0.1) is 18.1 Å². The second-order valence-electron chi connectivity index (χ2n) is 6.75. The molecule has 29 heavy (non-hydrogen) atoms. The van der Waals surface area contributed by atoms with E-state index in [-0.39, 0.29) is 24.2 Å². The maximum Gasteiger partial charge on any atom is 0.325 e. The van der Waals surface area contributed by atoms with E-state index in [1.807, 2.05) is 28.8 Å². The van der Waals surface area contributed by atoms with Crippen LogP contribution < -0.4 is 5.32 Å². The standard InChI is InChI=1S/C22H24FN3O3/c1-29-21(27)15-26-19-8-5-4-7-18(19)25-20(26)9-3-2-6-14-24-22(28)16-10-12-17(23)13-11-16/h4-5,7-8,10-13H,2-3,6,9,14-15H2,1H3,(H,24,28). The zero-order valence-electron chi connectivity index (χ0n) is 16.4. The Morgan fingerprint density at radius 3 is 2.59 bits per heavy atom. The molecule has 0 spiro atoms. The molecule has 3 aromatic rings. The molecule has 7 heteroatoms. The number of methoxy groups -OCH3 is 1. The van der Waals surface area contributed by atoms with E-state index in [1.165, 1.54) is 31.4 Å². The van der Waals surface area contributed by atoms with Gasteiger partial charge in [0.1, 0.15) is 18.2 Å². The smallest absolute Gasteiger partial charge is 0.325 e. The summed E-state index contributed by atoms with van der Waals surface area (Å²) in [6.45, 7) is 0.689. The summed E-state index contributed by atoms with van der Waals surface area (Å²) in [5.41, 5.74) is 2.22. The minimum Gasteiger partial charge on any atom is -0.468 e. The Bertz CT molecular complexity index is 983. The summed E-state index contributed by atoms with van der Waals surface area (Å²) in [6.07, 6.45) is 3.35. The lowest BCUT2D eigenvalue weighted by atomic mass is 10.1. The third kappa shape index (κ3) is 5.40. The van der Waals surface area contributed by atoms with Crippen molar-refractivity contribution in [2.24, 2.45) is 0 Å². The first-order valence-corrected chi connectivity index (χ1v) is 9.63. The molecule has 3 rings (SSSR count). The Balaban J connectivity index is 1.48. The van der Waals surface area contributed by atoms with Crippen molar-refractivity contribution in [1.82, 2.24) is 14.9 Å². The number of benzene rings is 2. The van der Waals surface area contributed by atoms with Crippen molar-refractivity contribution in [1.29, 1.82) is 0 Å². The molecular weight excluding hydrogens is 373 g/mol. The quantitative estimate of drug-likeness (QED) is 0.443. The molecule has 1 N–H and O–H groups in total. The largest absolute Gasteiger partial charge is 0.468 e. The van der Waals surface area contributed by atoms with Gasteiger partial charge in [0.25, 0.3) is 5.91 Å². The molecule has 2 aromatic carbocycles. The highest BCUT2D eigenvalue weighted by atomic mass is 19.1. The number of para-hydroxylation sites is 2. The lowest BCUT2D eigenvalue weighted by molar-refractivity contribution is -0.141. The fraction of sp³-hybridized carbons (Fsp3) is 0.318. The second-order valence-corrected chi connectivity index (χ2v) is 6.75. The maximum absolute atomic E-state index is 12.9. The molecule has 0 saturated carbocycles. The molecule has 0 atom stereocenters. The number of esters is 1. The summed E-state index contributed by atoms with van der Waals surface area (Å²) in [7, 11) is 1.38. The number of halogens is 1. The fourth-order valence-electron chi connectivity index (χ4n) is 3.18. The topological polar surface area (TPSA) is 73.2 Å². The molecule has 0 saturated heterocycles. The Hall–Kier alpha value is -3.22. The van der Waals surface area contributed by atoms with Crippen LogP contribution in [0.25, 0.3) is 11.0 Å². The molecule has 0 bridgehead atoms. The van der Waals surface area contributed by atoms with Gasteiger partial charge in [-0.05, 0) is 49.2 Å². The number of fused-ring (bicyclic) bond motifs is 1. The van der Waals surface area contributed by atoms with E-state index in [0.29, 0.717) is 12.1 Å². The van der Waals surface area contributed by atoms with Crippen LogP contribution >= 0.6 is 0 Å². The summed E-state index contributed by atoms with van der Waals surface area (Å²) in [6, 6.07) is 13.2. The van der Waals surface area contributed by atoms with Crippen LogP contribution in [-0.2, 0) is 22.5 Å². The number of nitrogens with one attached hydrogen (secondary N) is 1. The minimum atomic E-state index is -0.361. The van der Waals surface area contributed by atoms with Crippen molar-refractivity contribution >= 4 is 22.9 Å². The van der Waals surface area contributed by atoms with Crippen LogP contribution in [0.5, 0.6) is 0 Å². The van der Waals surface area contributed by atoms with Crippen molar-refractivity contribution in [3.8, 4) is 0 Å². The van der Waals surface area contributed by atoms with Gasteiger partial charge in [0.2, 0.25) is 0 Å². The molecule has 0 radical (unpaired) electrons. The van der Waals surface area contributed by atoms with E-state index in [0.717, 1.165) is 42.5 Å². The number of carbonyl (C=O) groups excluding carboxylic acids is 2. The van der Waals surface area contributed by atoms with Crippen LogP contribution in [0.1, 0.15) is 35.4 Å². The highest BCUT2D eigenvalue weighted by molar-refractivity contribution is 5.94. The number of amides is 1. The van der Waals surface area contributed by atoms with Gasteiger partial charge in [-0.15, -0.1) is 0 Å². The van der Waals surface area contributed by atoms with Crippen LogP contribution in [0.3, 0.4) is 0 Å². The predicted octanol–water partition coefficient (Wildman–Crippen LogP) is 3.49. The monoisotopic (exact) mass is 397 g/mol. The van der Waals surface area contributed by atoms with Crippen LogP contribution in [0.2, 0.25) is 0 Å². The molecule has 1 amide bonds. The summed E-state index contributed by atoms with van der Waals surface area (Å²) in [4.78, 5) is 28.4. The van der Waals surface area contributed by atoms with Crippen molar-refractivity contribution in [3.63, 3.8) is 0 Å². The van der Waals surface area contributed by atoms with Gasteiger partial charge in [-0.3, -0.25) is 9.59 Å². The third-order valence-corrected chi connectivity index (χ3v) is 4.72. The zero-order chi connectivity index (χ0) is 20.6. The summed E-state index contributed by atoms with van der Waals surface area (Å²) < 4.78 is 19.6. The first-order valence-electron chi connectivity index (χ1n) is 9.63. The molecule has 0 fully saturated rings. The molecule has 0 unspecified atom stereocenters. The number of hydrogen-bond donors (Lipinski definition) is 1. The normalized spacial score (nSPS) is 10.8. The van der Waals surface area contributed by atoms with Crippen LogP contribution in [0.15, 0.2) is 48.5 Å². The average Bonchev–Trinajstić information content (AvgIpc) is 3.08. The number of imidazole rings is 1. The number of rotatable bonds is 9. The molecule has 152 valence electrons. The Morgan fingerprint density at radius 2 is 1.83 bits per heavy atom.